The Morgan fingerprint density at radius 2 is 2.00 bits per heavy atom. The Kier molecular flexibility index (Phi) is 8.49. The molecule has 0 amide bonds. The normalized spacial score (nSPS) is 10.7. The number of hydrogen-bond donors (Lipinski definition) is 0. The first-order valence-electron chi connectivity index (χ1n) is 5.02. The molecule has 0 heterocycles. The topological polar surface area (TPSA) is 18.5 Å². The molecule has 1 aromatic rings. The van der Waals surface area contributed by atoms with Crippen LogP contribution in [0.25, 0.3) is 0 Å². The van der Waals surface area contributed by atoms with E-state index in [0.29, 0.717) is 5.75 Å². The van der Waals surface area contributed by atoms with E-state index in [-0.39, 0.29) is 58.0 Å². The van der Waals surface area contributed by atoms with E-state index >= 15 is 0 Å². The molecule has 94 valence electrons. The van der Waals surface area contributed by atoms with Crippen LogP contribution in [0, 0.1) is 0 Å². The average Bonchev–Trinajstić information content (AvgIpc) is 2.28. The van der Waals surface area contributed by atoms with E-state index in [1.54, 1.807) is 24.3 Å². The fourth-order valence-corrected chi connectivity index (χ4v) is 1.16. The average molecular weight is 284 g/mol. The number of rotatable bonds is 6. The smallest absolute Gasteiger partial charge is 0.497 e. The molecule has 0 spiro atoms. The maximum absolute atomic E-state index is 12.2. The van der Waals surface area contributed by atoms with Crippen LogP contribution < -0.4 is 56.1 Å². The van der Waals surface area contributed by atoms with Crippen molar-refractivity contribution in [2.24, 2.45) is 0 Å². The summed E-state index contributed by atoms with van der Waals surface area (Å²) in [6, 6.07) is 6.97. The molecule has 0 aliphatic heterocycles. The Bertz CT molecular complexity index is 396. The van der Waals surface area contributed by atoms with E-state index < -0.39 is 19.1 Å². The zero-order valence-corrected chi connectivity index (χ0v) is 13.6. The van der Waals surface area contributed by atoms with Gasteiger partial charge in [0.15, 0.2) is 0 Å². The molecule has 0 radical (unpaired) electrons. The van der Waals surface area contributed by atoms with Crippen LogP contribution in [0.4, 0.5) is 12.9 Å². The monoisotopic (exact) mass is 284 g/mol. The number of benzene rings is 1. The van der Waals surface area contributed by atoms with Gasteiger partial charge in [-0.25, -0.2) is 0 Å². The third-order valence-electron chi connectivity index (χ3n) is 2.15. The van der Waals surface area contributed by atoms with Crippen molar-refractivity contribution in [1.29, 1.82) is 0 Å². The fraction of sp³-hybridized carbons (Fsp3) is 0.273. The van der Waals surface area contributed by atoms with Crippen molar-refractivity contribution in [3.63, 3.8) is 0 Å². The molecule has 0 N–H and O–H groups in total. The van der Waals surface area contributed by atoms with Crippen molar-refractivity contribution in [3.05, 3.63) is 41.9 Å². The Hall–Kier alpha value is 0.211. The first-order chi connectivity index (χ1) is 7.93. The molecule has 0 aliphatic carbocycles. The second kappa shape index (κ2) is 8.40. The zero-order valence-electron chi connectivity index (χ0n) is 10.5. The van der Waals surface area contributed by atoms with Gasteiger partial charge in [-0.2, -0.15) is 0 Å². The van der Waals surface area contributed by atoms with Gasteiger partial charge in [0.05, 0.1) is 13.7 Å². The molecular weight excluding hydrogens is 271 g/mol. The first kappa shape index (κ1) is 18.2. The Morgan fingerprint density at radius 3 is 2.56 bits per heavy atom. The summed E-state index contributed by atoms with van der Waals surface area (Å²) in [6.07, 6.45) is 0. The van der Waals surface area contributed by atoms with Gasteiger partial charge in [-0.1, -0.05) is 12.1 Å². The van der Waals surface area contributed by atoms with Gasteiger partial charge >= 0.3 is 58.4 Å². The van der Waals surface area contributed by atoms with Crippen molar-refractivity contribution in [3.8, 4) is 5.75 Å². The van der Waals surface area contributed by atoms with Gasteiger partial charge in [0.1, 0.15) is 5.75 Å². The summed E-state index contributed by atoms with van der Waals surface area (Å²) in [7, 11) is 1.52. The molecule has 0 bridgehead atoms. The summed E-state index contributed by atoms with van der Waals surface area (Å²) in [5.74, 6) is 0.643. The van der Waals surface area contributed by atoms with Crippen LogP contribution in [-0.4, -0.2) is 20.7 Å². The molecule has 18 heavy (non-hydrogen) atoms. The van der Waals surface area contributed by atoms with Gasteiger partial charge in [-0.3, -0.25) is 0 Å². The van der Waals surface area contributed by atoms with Gasteiger partial charge < -0.3 is 22.4 Å². The molecule has 0 saturated heterocycles. The minimum Gasteiger partial charge on any atom is -0.497 e. The summed E-state index contributed by atoms with van der Waals surface area (Å²) < 4.78 is 46.4. The third-order valence-corrected chi connectivity index (χ3v) is 2.15. The molecule has 0 saturated carbocycles. The molecule has 0 aliphatic rings. The summed E-state index contributed by atoms with van der Waals surface area (Å²) in [6.45, 7) is -2.47. The largest absolute Gasteiger partial charge is 1.00 e. The summed E-state index contributed by atoms with van der Waals surface area (Å²) in [5.41, 5.74) is -0.0697. The summed E-state index contributed by atoms with van der Waals surface area (Å²) >= 11 is 0. The third kappa shape index (κ3) is 6.40. The Balaban J connectivity index is 0.00000289. The van der Waals surface area contributed by atoms with E-state index in [9.17, 15) is 12.9 Å². The number of halogens is 3. The number of methoxy groups -OCH3 is 1. The quantitative estimate of drug-likeness (QED) is 0.693. The van der Waals surface area contributed by atoms with E-state index in [2.05, 4.69) is 6.58 Å². The Morgan fingerprint density at radius 1 is 1.33 bits per heavy atom. The fourth-order valence-electron chi connectivity index (χ4n) is 1.16. The minimum atomic E-state index is -5.01. The minimum absolute atomic E-state index is 0. The molecule has 0 fully saturated rings. The molecule has 0 unspecified atom stereocenters. The summed E-state index contributed by atoms with van der Waals surface area (Å²) in [5, 5.41) is 0. The van der Waals surface area contributed by atoms with Gasteiger partial charge in [0.2, 0.25) is 0 Å². The van der Waals surface area contributed by atoms with Crippen LogP contribution in [0.2, 0.25) is 0 Å². The predicted octanol–water partition coefficient (Wildman–Crippen LogP) is 0.159. The van der Waals surface area contributed by atoms with E-state index in [1.165, 1.54) is 7.11 Å². The predicted molar refractivity (Wildman–Crippen MR) is 60.9 cm³/mol. The first-order valence-corrected chi connectivity index (χ1v) is 5.02. The molecular formula is C11H13BF3KO2. The number of ether oxygens (including phenoxy) is 2. The maximum atomic E-state index is 12.2. The van der Waals surface area contributed by atoms with Crippen LogP contribution in [0.1, 0.15) is 5.56 Å². The van der Waals surface area contributed by atoms with Crippen molar-refractivity contribution < 1.29 is 73.8 Å². The van der Waals surface area contributed by atoms with Crippen LogP contribution in [0.5, 0.6) is 5.75 Å². The van der Waals surface area contributed by atoms with Crippen molar-refractivity contribution >= 4 is 6.98 Å². The van der Waals surface area contributed by atoms with Gasteiger partial charge in [-0.05, 0) is 17.7 Å². The van der Waals surface area contributed by atoms with Crippen LogP contribution in [0.15, 0.2) is 36.3 Å². The molecule has 1 aromatic carbocycles. The second-order valence-corrected chi connectivity index (χ2v) is 3.58. The van der Waals surface area contributed by atoms with Crippen LogP contribution >= 0.6 is 0 Å². The van der Waals surface area contributed by atoms with E-state index in [4.69, 9.17) is 9.47 Å². The van der Waals surface area contributed by atoms with Crippen LogP contribution in [-0.2, 0) is 11.3 Å². The number of hydrogen-bond acceptors (Lipinski definition) is 2. The molecule has 0 atom stereocenters. The van der Waals surface area contributed by atoms with Gasteiger partial charge in [0, 0.05) is 6.61 Å². The molecule has 2 nitrogen and oxygen atoms in total. The van der Waals surface area contributed by atoms with Crippen LogP contribution in [0.3, 0.4) is 0 Å². The molecule has 1 rings (SSSR count). The van der Waals surface area contributed by atoms with E-state index in [0.717, 1.165) is 5.56 Å². The van der Waals surface area contributed by atoms with Crippen molar-refractivity contribution in [2.45, 2.75) is 6.61 Å². The van der Waals surface area contributed by atoms with Gasteiger partial charge in [0.25, 0.3) is 0 Å². The van der Waals surface area contributed by atoms with E-state index in [1.807, 2.05) is 0 Å². The summed E-state index contributed by atoms with van der Waals surface area (Å²) in [4.78, 5) is 0. The maximum Gasteiger partial charge on any atom is 1.00 e. The SMILES string of the molecule is C=C(COCc1cccc(OC)c1)[B-](F)(F)F.[K+]. The van der Waals surface area contributed by atoms with Crippen molar-refractivity contribution in [1.82, 2.24) is 0 Å². The van der Waals surface area contributed by atoms with Crippen molar-refractivity contribution in [2.75, 3.05) is 13.7 Å². The zero-order chi connectivity index (χ0) is 12.9. The molecule has 7 heteroatoms. The second-order valence-electron chi connectivity index (χ2n) is 3.58. The standard InChI is InChI=1S/C11H13BF3O2.K/c1-9(12(13,14)15)7-17-8-10-4-3-5-11(6-10)16-2;/h3-6H,1,7-8H2,2H3;/q-1;+1. The molecule has 0 aromatic heterocycles. The Labute approximate surface area is 147 Å². The van der Waals surface area contributed by atoms with Gasteiger partial charge in [-0.15, -0.1) is 12.1 Å².